The van der Waals surface area contributed by atoms with Crippen molar-refractivity contribution in [1.29, 1.82) is 0 Å². The predicted octanol–water partition coefficient (Wildman–Crippen LogP) is 6.41. The van der Waals surface area contributed by atoms with Gasteiger partial charge in [0.2, 0.25) is 0 Å². The molecule has 3 aromatic carbocycles. The van der Waals surface area contributed by atoms with Crippen LogP contribution in [0, 0.1) is 5.82 Å². The Bertz CT molecular complexity index is 1340. The summed E-state index contributed by atoms with van der Waals surface area (Å²) in [6.45, 7) is 0.509. The van der Waals surface area contributed by atoms with Crippen LogP contribution in [0.25, 0.3) is 28.3 Å². The van der Waals surface area contributed by atoms with E-state index in [1.54, 1.807) is 48.5 Å². The van der Waals surface area contributed by atoms with Crippen LogP contribution in [-0.4, -0.2) is 39.6 Å². The van der Waals surface area contributed by atoms with Gasteiger partial charge in [-0.15, -0.1) is 0 Å². The Hall–Kier alpha value is -3.19. The third-order valence-electron chi connectivity index (χ3n) is 5.10. The van der Waals surface area contributed by atoms with E-state index < -0.39 is 11.8 Å². The molecule has 0 aliphatic carbocycles. The highest BCUT2D eigenvalue weighted by Gasteiger charge is 2.28. The summed E-state index contributed by atoms with van der Waals surface area (Å²) in [5.74, 6) is -1.64. The Morgan fingerprint density at radius 3 is 2.45 bits per heavy atom. The van der Waals surface area contributed by atoms with Crippen LogP contribution < -0.4 is 0 Å². The summed E-state index contributed by atoms with van der Waals surface area (Å²) in [5, 5.41) is 10.4. The number of nitrogens with zero attached hydrogens (tertiary/aromatic N) is 3. The second kappa shape index (κ2) is 9.35. The van der Waals surface area contributed by atoms with Crippen LogP contribution in [0.3, 0.4) is 0 Å². The number of benzene rings is 3. The predicted molar refractivity (Wildman–Crippen MR) is 129 cm³/mol. The first-order valence-electron chi connectivity index (χ1n) is 10.1. The van der Waals surface area contributed by atoms with E-state index in [0.717, 1.165) is 5.56 Å². The van der Waals surface area contributed by atoms with Crippen LogP contribution in [0.1, 0.15) is 16.1 Å². The molecule has 0 aliphatic heterocycles. The van der Waals surface area contributed by atoms with Gasteiger partial charge in [-0.05, 0) is 43.9 Å². The second-order valence-corrected chi connectivity index (χ2v) is 8.60. The molecule has 1 aromatic heterocycles. The van der Waals surface area contributed by atoms with Gasteiger partial charge < -0.3 is 10.0 Å². The monoisotopic (exact) mass is 483 g/mol. The number of carboxylic acid groups (broad SMARTS) is 1. The van der Waals surface area contributed by atoms with Crippen molar-refractivity contribution in [2.75, 3.05) is 14.1 Å². The van der Waals surface area contributed by atoms with Gasteiger partial charge in [0.05, 0.1) is 16.4 Å². The molecule has 1 N–H and O–H groups in total. The lowest BCUT2D eigenvalue weighted by Crippen LogP contribution is -2.13. The van der Waals surface area contributed by atoms with Crippen molar-refractivity contribution >= 4 is 29.2 Å². The molecule has 1 heterocycles. The molecule has 0 spiro atoms. The fourth-order valence-electron chi connectivity index (χ4n) is 3.75. The zero-order chi connectivity index (χ0) is 23.7. The number of hydrogen-bond acceptors (Lipinski definition) is 3. The highest BCUT2D eigenvalue weighted by Crippen LogP contribution is 2.38. The minimum Gasteiger partial charge on any atom is -0.476 e. The lowest BCUT2D eigenvalue weighted by molar-refractivity contribution is 0.0692. The quantitative estimate of drug-likeness (QED) is 0.344. The molecule has 0 aliphatic rings. The van der Waals surface area contributed by atoms with Gasteiger partial charge in [0.1, 0.15) is 5.82 Å². The molecule has 0 saturated heterocycles. The molecular formula is C25H20Cl2FN3O2. The number of rotatable bonds is 6. The van der Waals surface area contributed by atoms with Crippen LogP contribution in [0.5, 0.6) is 0 Å². The number of halogens is 3. The van der Waals surface area contributed by atoms with Crippen molar-refractivity contribution in [2.45, 2.75) is 6.54 Å². The SMILES string of the molecule is CN(C)Cc1ccc(Cl)cc1-c1c(C(=O)O)nc(-c2ccccc2)n1-c1cccc(Cl)c1F. The normalized spacial score (nSPS) is 11.2. The summed E-state index contributed by atoms with van der Waals surface area (Å²) in [5.41, 5.74) is 2.09. The van der Waals surface area contributed by atoms with Gasteiger partial charge in [-0.2, -0.15) is 0 Å². The standard InChI is InChI=1S/C25H20Cl2FN3O2/c1-30(2)14-16-11-12-17(26)13-18(16)23-22(25(32)33)29-24(15-7-4-3-5-8-15)31(23)20-10-6-9-19(27)21(20)28/h3-13H,14H2,1-2H3,(H,32,33). The minimum absolute atomic E-state index is 0.0809. The largest absolute Gasteiger partial charge is 0.476 e. The molecule has 8 heteroatoms. The molecule has 0 atom stereocenters. The number of aromatic nitrogens is 2. The Labute approximate surface area is 200 Å². The fourth-order valence-corrected chi connectivity index (χ4v) is 4.09. The van der Waals surface area contributed by atoms with Crippen molar-refractivity contribution in [3.63, 3.8) is 0 Å². The van der Waals surface area contributed by atoms with Crippen LogP contribution in [0.15, 0.2) is 66.7 Å². The summed E-state index contributed by atoms with van der Waals surface area (Å²) in [6.07, 6.45) is 0. The third kappa shape index (κ3) is 4.50. The Balaban J connectivity index is 2.16. The smallest absolute Gasteiger partial charge is 0.356 e. The van der Waals surface area contributed by atoms with E-state index in [9.17, 15) is 9.90 Å². The molecule has 0 unspecified atom stereocenters. The van der Waals surface area contributed by atoms with Gasteiger partial charge in [0.25, 0.3) is 0 Å². The van der Waals surface area contributed by atoms with Crippen LogP contribution in [0.4, 0.5) is 4.39 Å². The Morgan fingerprint density at radius 1 is 1.06 bits per heavy atom. The van der Waals surface area contributed by atoms with E-state index in [0.29, 0.717) is 22.7 Å². The number of hydrogen-bond donors (Lipinski definition) is 1. The molecule has 0 fully saturated rings. The highest BCUT2D eigenvalue weighted by atomic mass is 35.5. The molecule has 168 valence electrons. The lowest BCUT2D eigenvalue weighted by atomic mass is 10.0. The summed E-state index contributed by atoms with van der Waals surface area (Å²) >= 11 is 12.4. The van der Waals surface area contributed by atoms with Gasteiger partial charge in [-0.1, -0.05) is 65.7 Å². The van der Waals surface area contributed by atoms with Crippen LogP contribution in [-0.2, 0) is 6.54 Å². The maximum absolute atomic E-state index is 15.3. The van der Waals surface area contributed by atoms with Crippen LogP contribution in [0.2, 0.25) is 10.0 Å². The summed E-state index contributed by atoms with van der Waals surface area (Å²) in [6, 6.07) is 18.9. The van der Waals surface area contributed by atoms with Gasteiger partial charge in [-0.25, -0.2) is 14.2 Å². The first-order valence-corrected chi connectivity index (χ1v) is 10.8. The minimum atomic E-state index is -1.24. The van der Waals surface area contributed by atoms with Crippen LogP contribution >= 0.6 is 23.2 Å². The van der Waals surface area contributed by atoms with Crippen molar-refractivity contribution < 1.29 is 14.3 Å². The zero-order valence-corrected chi connectivity index (χ0v) is 19.4. The summed E-state index contributed by atoms with van der Waals surface area (Å²) in [4.78, 5) is 18.8. The van der Waals surface area contributed by atoms with E-state index in [1.807, 2.05) is 31.1 Å². The second-order valence-electron chi connectivity index (χ2n) is 7.75. The molecule has 0 radical (unpaired) electrons. The lowest BCUT2D eigenvalue weighted by Gasteiger charge is -2.18. The van der Waals surface area contributed by atoms with Gasteiger partial charge >= 0.3 is 5.97 Å². The van der Waals surface area contributed by atoms with E-state index in [-0.39, 0.29) is 27.9 Å². The van der Waals surface area contributed by atoms with E-state index >= 15 is 4.39 Å². The summed E-state index contributed by atoms with van der Waals surface area (Å²) in [7, 11) is 3.81. The van der Waals surface area contributed by atoms with Crippen molar-refractivity contribution in [3.05, 3.63) is 93.8 Å². The maximum Gasteiger partial charge on any atom is 0.356 e. The molecule has 33 heavy (non-hydrogen) atoms. The zero-order valence-electron chi connectivity index (χ0n) is 17.9. The van der Waals surface area contributed by atoms with E-state index in [4.69, 9.17) is 23.2 Å². The van der Waals surface area contributed by atoms with Crippen molar-refractivity contribution in [1.82, 2.24) is 14.5 Å². The molecule has 5 nitrogen and oxygen atoms in total. The van der Waals surface area contributed by atoms with Crippen molar-refractivity contribution in [2.24, 2.45) is 0 Å². The Kier molecular flexibility index (Phi) is 6.51. The number of carboxylic acids is 1. The average molecular weight is 484 g/mol. The van der Waals surface area contributed by atoms with Gasteiger partial charge in [0, 0.05) is 22.7 Å². The summed E-state index contributed by atoms with van der Waals surface area (Å²) < 4.78 is 16.8. The van der Waals surface area contributed by atoms with Gasteiger partial charge in [-0.3, -0.25) is 4.57 Å². The molecule has 0 amide bonds. The highest BCUT2D eigenvalue weighted by molar-refractivity contribution is 6.31. The Morgan fingerprint density at radius 2 is 1.79 bits per heavy atom. The third-order valence-corrected chi connectivity index (χ3v) is 5.62. The molecular weight excluding hydrogens is 464 g/mol. The molecule has 4 rings (SSSR count). The fraction of sp³-hybridized carbons (Fsp3) is 0.120. The first-order chi connectivity index (χ1) is 15.8. The maximum atomic E-state index is 15.3. The van der Waals surface area contributed by atoms with Crippen molar-refractivity contribution in [3.8, 4) is 28.3 Å². The number of carbonyl (C=O) groups is 1. The number of aromatic carboxylic acids is 1. The number of imidazole rings is 1. The molecule has 4 aromatic rings. The molecule has 0 saturated carbocycles. The van der Waals surface area contributed by atoms with Gasteiger partial charge in [0.15, 0.2) is 11.5 Å². The first kappa shape index (κ1) is 23.0. The topological polar surface area (TPSA) is 58.4 Å². The van der Waals surface area contributed by atoms with E-state index in [2.05, 4.69) is 4.98 Å². The molecule has 0 bridgehead atoms. The average Bonchev–Trinajstić information content (AvgIpc) is 3.18. The van der Waals surface area contributed by atoms with E-state index in [1.165, 1.54) is 10.6 Å².